The second-order valence-corrected chi connectivity index (χ2v) is 12.9. The molecule has 1 heterocycles. The van der Waals surface area contributed by atoms with Crippen molar-refractivity contribution in [1.29, 1.82) is 0 Å². The first-order valence-electron chi connectivity index (χ1n) is 16.2. The molecule has 6 nitrogen and oxygen atoms in total. The number of ether oxygens (including phenoxy) is 1. The molecule has 0 aromatic carbocycles. The zero-order valence-corrected chi connectivity index (χ0v) is 26.2. The minimum absolute atomic E-state index is 0.0105. The number of hydrogen-bond donors (Lipinski definition) is 1. The summed E-state index contributed by atoms with van der Waals surface area (Å²) in [5, 5.41) is 14.4. The van der Waals surface area contributed by atoms with Crippen molar-refractivity contribution in [1.82, 2.24) is 10.1 Å². The zero-order chi connectivity index (χ0) is 28.3. The number of unbranched alkanes of at least 4 members (excludes halogenated alkanes) is 14. The van der Waals surface area contributed by atoms with E-state index in [1.54, 1.807) is 0 Å². The lowest BCUT2D eigenvalue weighted by atomic mass is 9.78. The van der Waals surface area contributed by atoms with Gasteiger partial charge >= 0.3 is 5.97 Å². The average molecular weight is 541 g/mol. The summed E-state index contributed by atoms with van der Waals surface area (Å²) in [6.45, 7) is 14.8. The number of carbonyl (C=O) groups is 1. The summed E-state index contributed by atoms with van der Waals surface area (Å²) in [6, 6.07) is -0.0105. The van der Waals surface area contributed by atoms with Gasteiger partial charge in [0.15, 0.2) is 0 Å². The van der Waals surface area contributed by atoms with E-state index in [9.17, 15) is 10.0 Å². The van der Waals surface area contributed by atoms with Crippen LogP contribution >= 0.6 is 0 Å². The molecule has 1 aliphatic heterocycles. The molecule has 0 aromatic heterocycles. The molecule has 0 aromatic rings. The number of rotatable bonds is 23. The highest BCUT2D eigenvalue weighted by Crippen LogP contribution is 2.40. The van der Waals surface area contributed by atoms with E-state index in [2.05, 4.69) is 46.6 Å². The molecular weight excluding hydrogens is 476 g/mol. The minimum atomic E-state index is -0.210. The molecule has 0 radical (unpaired) electrons. The highest BCUT2D eigenvalue weighted by atomic mass is 16.7. The zero-order valence-electron chi connectivity index (χ0n) is 26.2. The Morgan fingerprint density at radius 1 is 0.737 bits per heavy atom. The molecule has 1 rings (SSSR count). The molecule has 0 unspecified atom stereocenters. The minimum Gasteiger partial charge on any atom is -0.466 e. The number of carbonyl (C=O) groups excluding carboxylic acids is 1. The van der Waals surface area contributed by atoms with Gasteiger partial charge in [-0.3, -0.25) is 9.63 Å². The Labute approximate surface area is 236 Å². The summed E-state index contributed by atoms with van der Waals surface area (Å²) in [6.07, 6.45) is 22.0. The lowest BCUT2D eigenvalue weighted by Crippen LogP contribution is -2.63. The molecule has 38 heavy (non-hydrogen) atoms. The van der Waals surface area contributed by atoms with Crippen molar-refractivity contribution < 1.29 is 19.6 Å². The first kappa shape index (κ1) is 35.3. The fourth-order valence-electron chi connectivity index (χ4n) is 6.05. The summed E-state index contributed by atoms with van der Waals surface area (Å²) in [7, 11) is 0. The maximum atomic E-state index is 12.2. The van der Waals surface area contributed by atoms with Gasteiger partial charge in [-0.15, -0.1) is 0 Å². The van der Waals surface area contributed by atoms with E-state index in [0.717, 1.165) is 38.7 Å². The van der Waals surface area contributed by atoms with E-state index >= 15 is 0 Å². The van der Waals surface area contributed by atoms with Gasteiger partial charge in [-0.05, 0) is 53.4 Å². The van der Waals surface area contributed by atoms with E-state index < -0.39 is 0 Å². The molecule has 0 saturated carbocycles. The lowest BCUT2D eigenvalue weighted by molar-refractivity contribution is -0.300. The first-order valence-corrected chi connectivity index (χ1v) is 16.2. The van der Waals surface area contributed by atoms with Crippen molar-refractivity contribution in [3.63, 3.8) is 0 Å². The molecule has 0 atom stereocenters. The van der Waals surface area contributed by atoms with Gasteiger partial charge in [-0.25, -0.2) is 0 Å². The third-order valence-electron chi connectivity index (χ3n) is 8.02. The largest absolute Gasteiger partial charge is 0.466 e. The third kappa shape index (κ3) is 15.2. The van der Waals surface area contributed by atoms with Gasteiger partial charge in [-0.1, -0.05) is 104 Å². The number of piperidine rings is 1. The highest BCUT2D eigenvalue weighted by molar-refractivity contribution is 5.69. The fourth-order valence-corrected chi connectivity index (χ4v) is 6.05. The number of hydroxylamine groups is 4. The van der Waals surface area contributed by atoms with Gasteiger partial charge in [0.25, 0.3) is 0 Å². The molecule has 0 bridgehead atoms. The molecule has 1 fully saturated rings. The van der Waals surface area contributed by atoms with Gasteiger partial charge in [0.2, 0.25) is 0 Å². The van der Waals surface area contributed by atoms with E-state index in [-0.39, 0.29) is 29.5 Å². The van der Waals surface area contributed by atoms with Crippen molar-refractivity contribution in [2.45, 2.75) is 181 Å². The highest BCUT2D eigenvalue weighted by Gasteiger charge is 2.47. The molecule has 6 heteroatoms. The normalized spacial score (nSPS) is 17.8. The Bertz CT molecular complexity index is 578. The van der Waals surface area contributed by atoms with Gasteiger partial charge in [0, 0.05) is 23.7 Å². The molecule has 0 amide bonds. The first-order chi connectivity index (χ1) is 18.1. The van der Waals surface area contributed by atoms with Gasteiger partial charge in [0.1, 0.15) is 0 Å². The molecule has 0 spiro atoms. The van der Waals surface area contributed by atoms with Gasteiger partial charge in [-0.2, -0.15) is 10.1 Å². The second kappa shape index (κ2) is 20.2. The maximum Gasteiger partial charge on any atom is 0.307 e. The molecule has 1 N–H and O–H groups in total. The predicted octanol–water partition coefficient (Wildman–Crippen LogP) is 8.85. The van der Waals surface area contributed by atoms with Crippen LogP contribution in [0.3, 0.4) is 0 Å². The van der Waals surface area contributed by atoms with Crippen molar-refractivity contribution in [2.75, 3.05) is 19.8 Å². The van der Waals surface area contributed by atoms with Gasteiger partial charge < -0.3 is 9.94 Å². The van der Waals surface area contributed by atoms with E-state index in [0.29, 0.717) is 13.2 Å². The maximum absolute atomic E-state index is 12.2. The van der Waals surface area contributed by atoms with Crippen molar-refractivity contribution in [3.8, 4) is 0 Å². The van der Waals surface area contributed by atoms with Crippen molar-refractivity contribution in [3.05, 3.63) is 0 Å². The number of esters is 1. The summed E-state index contributed by atoms with van der Waals surface area (Å²) in [5.74, 6) is -0.210. The molecule has 1 saturated heterocycles. The van der Waals surface area contributed by atoms with E-state index in [1.807, 2.05) is 0 Å². The molecule has 0 aliphatic carbocycles. The monoisotopic (exact) mass is 540 g/mol. The van der Waals surface area contributed by atoms with E-state index in [1.165, 1.54) is 88.5 Å². The second-order valence-electron chi connectivity index (χ2n) is 12.9. The van der Waals surface area contributed by atoms with Crippen LogP contribution in [0.2, 0.25) is 0 Å². The number of nitrogens with zero attached hydrogens (tertiary/aromatic N) is 2. The summed E-state index contributed by atoms with van der Waals surface area (Å²) in [5.41, 5.74) is -0.406. The molecule has 1 aliphatic rings. The van der Waals surface area contributed by atoms with Crippen LogP contribution in [0, 0.1) is 0 Å². The van der Waals surface area contributed by atoms with E-state index in [4.69, 9.17) is 9.57 Å². The van der Waals surface area contributed by atoms with Crippen LogP contribution in [0.15, 0.2) is 0 Å². The van der Waals surface area contributed by atoms with Crippen molar-refractivity contribution in [2.24, 2.45) is 0 Å². The van der Waals surface area contributed by atoms with Crippen molar-refractivity contribution >= 4 is 5.97 Å². The van der Waals surface area contributed by atoms with Crippen LogP contribution in [0.25, 0.3) is 0 Å². The van der Waals surface area contributed by atoms with Gasteiger partial charge in [0.05, 0.1) is 19.6 Å². The Balaban J connectivity index is 2.23. The Morgan fingerprint density at radius 3 is 1.63 bits per heavy atom. The lowest BCUT2D eigenvalue weighted by Gasteiger charge is -2.54. The standard InChI is InChI=1S/C32H64N2O4/c1-7-9-11-13-15-16-17-18-19-21-25-37-30(35)23-24-33(36)29-27-31(3,4)34(32(5,6)28-29)38-26-22-20-14-12-10-8-2/h29,36H,7-28H2,1-6H3. The van der Waals surface area contributed by atoms with Crippen LogP contribution in [0.1, 0.15) is 164 Å². The van der Waals surface area contributed by atoms with Crippen LogP contribution in [-0.4, -0.2) is 58.2 Å². The predicted molar refractivity (Wildman–Crippen MR) is 158 cm³/mol. The summed E-state index contributed by atoms with van der Waals surface area (Å²) < 4.78 is 5.43. The SMILES string of the molecule is CCCCCCCCCCCCOC(=O)CCN(O)C1CC(C)(C)N(OCCCCCCCC)C(C)(C)C1. The third-order valence-corrected chi connectivity index (χ3v) is 8.02. The fraction of sp³-hybridized carbons (Fsp3) is 0.969. The summed E-state index contributed by atoms with van der Waals surface area (Å²) in [4.78, 5) is 18.5. The molecule has 226 valence electrons. The smallest absolute Gasteiger partial charge is 0.307 e. The van der Waals surface area contributed by atoms with Crippen LogP contribution < -0.4 is 0 Å². The Hall–Kier alpha value is -0.690. The molecular formula is C32H64N2O4. The summed E-state index contributed by atoms with van der Waals surface area (Å²) >= 11 is 0. The Kier molecular flexibility index (Phi) is 18.8. The Morgan fingerprint density at radius 2 is 1.16 bits per heavy atom. The average Bonchev–Trinajstić information content (AvgIpc) is 2.85. The topological polar surface area (TPSA) is 62.2 Å². The quantitative estimate of drug-likeness (QED) is 0.0793. The van der Waals surface area contributed by atoms with Crippen LogP contribution in [0.5, 0.6) is 0 Å². The number of hydrogen-bond acceptors (Lipinski definition) is 6. The van der Waals surface area contributed by atoms with Crippen LogP contribution in [-0.2, 0) is 14.4 Å². The van der Waals surface area contributed by atoms with Crippen LogP contribution in [0.4, 0.5) is 0 Å².